The number of nitrogens with zero attached hydrogens (tertiary/aromatic N) is 1. The number of rotatable bonds is 4. The van der Waals surface area contributed by atoms with Crippen molar-refractivity contribution in [2.45, 2.75) is 45.1 Å². The van der Waals surface area contributed by atoms with E-state index in [9.17, 15) is 4.79 Å². The molecule has 0 aromatic heterocycles. The smallest absolute Gasteiger partial charge is 0.254 e. The Hall–Kier alpha value is -2.87. The fourth-order valence-electron chi connectivity index (χ4n) is 3.83. The molecule has 29 heavy (non-hydrogen) atoms. The molecule has 0 spiro atoms. The average Bonchev–Trinajstić information content (AvgIpc) is 2.81. The molecule has 3 aromatic carbocycles. The van der Waals surface area contributed by atoms with Gasteiger partial charge in [0.05, 0.1) is 0 Å². The van der Waals surface area contributed by atoms with Crippen LogP contribution in [0.3, 0.4) is 0 Å². The van der Waals surface area contributed by atoms with Crippen molar-refractivity contribution in [2.24, 2.45) is 0 Å². The largest absolute Gasteiger partial charge is 0.335 e. The van der Waals surface area contributed by atoms with E-state index in [0.717, 1.165) is 37.8 Å². The standard InChI is InChI=1S/C19H21NO.C8H10/c21-19(17-11-5-2-6-12-17)20-14-8-7-13-18(20)15-16-9-3-1-4-10-16;1-2-8-6-4-3-5-7-8/h1-6,9-12,18H,7-8,13-15H2;3-7H,2H2,1H3. The molecule has 0 N–H and O–H groups in total. The van der Waals surface area contributed by atoms with Crippen LogP contribution in [-0.4, -0.2) is 23.4 Å². The molecule has 1 heterocycles. The molecule has 1 saturated heterocycles. The van der Waals surface area contributed by atoms with Gasteiger partial charge in [-0.15, -0.1) is 0 Å². The number of hydrogen-bond donors (Lipinski definition) is 0. The second kappa shape index (κ2) is 11.2. The molecule has 0 aliphatic carbocycles. The van der Waals surface area contributed by atoms with Crippen LogP contribution in [0, 0.1) is 0 Å². The third kappa shape index (κ3) is 6.32. The molecule has 1 amide bonds. The Labute approximate surface area is 175 Å². The van der Waals surface area contributed by atoms with Gasteiger partial charge in [0, 0.05) is 18.2 Å². The lowest BCUT2D eigenvalue weighted by molar-refractivity contribution is 0.0613. The fourth-order valence-corrected chi connectivity index (χ4v) is 3.83. The van der Waals surface area contributed by atoms with Gasteiger partial charge in [0.15, 0.2) is 0 Å². The van der Waals surface area contributed by atoms with E-state index in [1.165, 1.54) is 17.5 Å². The first-order valence-corrected chi connectivity index (χ1v) is 10.7. The molecule has 4 rings (SSSR count). The molecule has 0 bridgehead atoms. The zero-order valence-electron chi connectivity index (χ0n) is 17.3. The summed E-state index contributed by atoms with van der Waals surface area (Å²) in [4.78, 5) is 14.8. The molecular formula is C27H31NO. The van der Waals surface area contributed by atoms with Crippen molar-refractivity contribution in [1.82, 2.24) is 4.90 Å². The molecule has 0 saturated carbocycles. The summed E-state index contributed by atoms with van der Waals surface area (Å²) in [5.74, 6) is 0.177. The van der Waals surface area contributed by atoms with Gasteiger partial charge in [-0.25, -0.2) is 0 Å². The van der Waals surface area contributed by atoms with Crippen LogP contribution in [0.1, 0.15) is 47.7 Å². The fraction of sp³-hybridized carbons (Fsp3) is 0.296. The van der Waals surface area contributed by atoms with Gasteiger partial charge in [-0.1, -0.05) is 85.8 Å². The van der Waals surface area contributed by atoms with Crippen LogP contribution in [0.25, 0.3) is 0 Å². The Balaban J connectivity index is 0.000000252. The third-order valence-corrected chi connectivity index (χ3v) is 5.47. The molecule has 1 aliphatic rings. The summed E-state index contributed by atoms with van der Waals surface area (Å²) in [5, 5.41) is 0. The van der Waals surface area contributed by atoms with Crippen molar-refractivity contribution in [1.29, 1.82) is 0 Å². The Morgan fingerprint density at radius 2 is 1.34 bits per heavy atom. The van der Waals surface area contributed by atoms with Crippen LogP contribution in [-0.2, 0) is 12.8 Å². The zero-order valence-corrected chi connectivity index (χ0v) is 17.3. The lowest BCUT2D eigenvalue weighted by Crippen LogP contribution is -2.44. The summed E-state index contributed by atoms with van der Waals surface area (Å²) >= 11 is 0. The number of benzene rings is 3. The molecule has 1 fully saturated rings. The Morgan fingerprint density at radius 1 is 0.793 bits per heavy atom. The highest BCUT2D eigenvalue weighted by atomic mass is 16.2. The van der Waals surface area contributed by atoms with E-state index in [0.29, 0.717) is 6.04 Å². The summed E-state index contributed by atoms with van der Waals surface area (Å²) in [5.41, 5.74) is 3.53. The highest BCUT2D eigenvalue weighted by Gasteiger charge is 2.27. The van der Waals surface area contributed by atoms with Crippen molar-refractivity contribution < 1.29 is 4.79 Å². The van der Waals surface area contributed by atoms with Gasteiger partial charge in [0.2, 0.25) is 0 Å². The predicted molar refractivity (Wildman–Crippen MR) is 121 cm³/mol. The summed E-state index contributed by atoms with van der Waals surface area (Å²) < 4.78 is 0. The van der Waals surface area contributed by atoms with Crippen molar-refractivity contribution in [2.75, 3.05) is 6.54 Å². The zero-order chi connectivity index (χ0) is 20.3. The summed E-state index contributed by atoms with van der Waals surface area (Å²) in [7, 11) is 0. The third-order valence-electron chi connectivity index (χ3n) is 5.47. The molecule has 3 aromatic rings. The maximum atomic E-state index is 12.7. The number of hydrogen-bond acceptors (Lipinski definition) is 1. The van der Waals surface area contributed by atoms with E-state index >= 15 is 0 Å². The minimum atomic E-state index is 0.177. The minimum Gasteiger partial charge on any atom is -0.335 e. The quantitative estimate of drug-likeness (QED) is 0.526. The van der Waals surface area contributed by atoms with Crippen LogP contribution in [0.5, 0.6) is 0 Å². The van der Waals surface area contributed by atoms with Crippen LogP contribution in [0.2, 0.25) is 0 Å². The molecular weight excluding hydrogens is 354 g/mol. The normalized spacial score (nSPS) is 15.9. The van der Waals surface area contributed by atoms with Crippen LogP contribution >= 0.6 is 0 Å². The minimum absolute atomic E-state index is 0.177. The molecule has 150 valence electrons. The van der Waals surface area contributed by atoms with E-state index in [1.54, 1.807) is 0 Å². The Bertz CT molecular complexity index is 845. The summed E-state index contributed by atoms with van der Waals surface area (Å²) in [6.45, 7) is 3.04. The van der Waals surface area contributed by atoms with Crippen LogP contribution in [0.4, 0.5) is 0 Å². The Morgan fingerprint density at radius 3 is 1.90 bits per heavy atom. The number of carbonyl (C=O) groups is 1. The van der Waals surface area contributed by atoms with Gasteiger partial charge in [-0.2, -0.15) is 0 Å². The van der Waals surface area contributed by atoms with Gasteiger partial charge in [0.25, 0.3) is 5.91 Å². The highest BCUT2D eigenvalue weighted by molar-refractivity contribution is 5.94. The van der Waals surface area contributed by atoms with E-state index < -0.39 is 0 Å². The lowest BCUT2D eigenvalue weighted by atomic mass is 9.95. The summed E-state index contributed by atoms with van der Waals surface area (Å²) in [6.07, 6.45) is 5.54. The number of likely N-dealkylation sites (tertiary alicyclic amines) is 1. The molecule has 2 heteroatoms. The monoisotopic (exact) mass is 385 g/mol. The predicted octanol–water partition coefficient (Wildman–Crippen LogP) is 6.17. The van der Waals surface area contributed by atoms with Gasteiger partial charge in [0.1, 0.15) is 0 Å². The molecule has 2 nitrogen and oxygen atoms in total. The van der Waals surface area contributed by atoms with E-state index in [2.05, 4.69) is 60.4 Å². The SMILES string of the molecule is CCc1ccccc1.O=C(c1ccccc1)N1CCCCC1Cc1ccccc1. The second-order valence-electron chi connectivity index (χ2n) is 7.54. The van der Waals surface area contributed by atoms with Crippen molar-refractivity contribution in [3.63, 3.8) is 0 Å². The van der Waals surface area contributed by atoms with Crippen molar-refractivity contribution in [3.8, 4) is 0 Å². The number of carbonyl (C=O) groups excluding carboxylic acids is 1. The number of amides is 1. The van der Waals surface area contributed by atoms with E-state index in [1.807, 2.05) is 42.5 Å². The maximum Gasteiger partial charge on any atom is 0.254 e. The lowest BCUT2D eigenvalue weighted by Gasteiger charge is -2.36. The van der Waals surface area contributed by atoms with Gasteiger partial charge in [-0.3, -0.25) is 4.79 Å². The maximum absolute atomic E-state index is 12.7. The van der Waals surface area contributed by atoms with Crippen molar-refractivity contribution in [3.05, 3.63) is 108 Å². The van der Waals surface area contributed by atoms with Crippen LogP contribution in [0.15, 0.2) is 91.0 Å². The average molecular weight is 386 g/mol. The number of aryl methyl sites for hydroxylation is 1. The highest BCUT2D eigenvalue weighted by Crippen LogP contribution is 2.22. The van der Waals surface area contributed by atoms with Gasteiger partial charge in [-0.05, 0) is 55.4 Å². The number of piperidine rings is 1. The van der Waals surface area contributed by atoms with Gasteiger partial charge < -0.3 is 4.90 Å². The van der Waals surface area contributed by atoms with Crippen LogP contribution < -0.4 is 0 Å². The molecule has 0 radical (unpaired) electrons. The van der Waals surface area contributed by atoms with E-state index in [-0.39, 0.29) is 5.91 Å². The van der Waals surface area contributed by atoms with Gasteiger partial charge >= 0.3 is 0 Å². The molecule has 1 atom stereocenters. The molecule has 1 aliphatic heterocycles. The summed E-state index contributed by atoms with van der Waals surface area (Å²) in [6, 6.07) is 30.9. The topological polar surface area (TPSA) is 20.3 Å². The first kappa shape index (κ1) is 20.9. The molecule has 1 unspecified atom stereocenters. The van der Waals surface area contributed by atoms with Crippen molar-refractivity contribution >= 4 is 5.91 Å². The first-order chi connectivity index (χ1) is 14.3. The Kier molecular flexibility index (Phi) is 8.06. The second-order valence-corrected chi connectivity index (χ2v) is 7.54. The van der Waals surface area contributed by atoms with E-state index in [4.69, 9.17) is 0 Å². The first-order valence-electron chi connectivity index (χ1n) is 10.7.